The summed E-state index contributed by atoms with van der Waals surface area (Å²) in [6.45, 7) is 5.05. The number of methoxy groups -OCH3 is 1. The van der Waals surface area contributed by atoms with E-state index < -0.39 is 0 Å². The van der Waals surface area contributed by atoms with E-state index in [0.717, 1.165) is 37.8 Å². The van der Waals surface area contributed by atoms with Gasteiger partial charge in [0.25, 0.3) is 0 Å². The lowest BCUT2D eigenvalue weighted by Crippen LogP contribution is -2.41. The third-order valence-electron chi connectivity index (χ3n) is 4.62. The molecule has 2 heterocycles. The van der Waals surface area contributed by atoms with Crippen LogP contribution in [0.4, 0.5) is 0 Å². The number of aromatic nitrogens is 2. The number of nitrogens with zero attached hydrogens (tertiary/aromatic N) is 3. The normalized spacial score (nSPS) is 27.2. The van der Waals surface area contributed by atoms with Crippen molar-refractivity contribution in [3.05, 3.63) is 11.7 Å². The SMILES string of the molecule is COC1(CN2CCC(c3nc(C)no3)C2)CCCC1. The van der Waals surface area contributed by atoms with Gasteiger partial charge in [-0.2, -0.15) is 4.98 Å². The molecule has 1 atom stereocenters. The van der Waals surface area contributed by atoms with Gasteiger partial charge < -0.3 is 9.26 Å². The third-order valence-corrected chi connectivity index (χ3v) is 4.62. The van der Waals surface area contributed by atoms with Crippen molar-refractivity contribution in [1.82, 2.24) is 15.0 Å². The van der Waals surface area contributed by atoms with Gasteiger partial charge in [-0.1, -0.05) is 18.0 Å². The molecule has 1 aliphatic heterocycles. The van der Waals surface area contributed by atoms with Crippen LogP contribution in [0.15, 0.2) is 4.52 Å². The van der Waals surface area contributed by atoms with Gasteiger partial charge in [0.05, 0.1) is 11.5 Å². The van der Waals surface area contributed by atoms with E-state index in [4.69, 9.17) is 9.26 Å². The second-order valence-corrected chi connectivity index (χ2v) is 5.99. The molecule has 19 heavy (non-hydrogen) atoms. The zero-order chi connectivity index (χ0) is 13.3. The fraction of sp³-hybridized carbons (Fsp3) is 0.857. The first-order valence-electron chi connectivity index (χ1n) is 7.28. The molecule has 5 heteroatoms. The third kappa shape index (κ3) is 2.67. The van der Waals surface area contributed by atoms with Crippen LogP contribution in [0.5, 0.6) is 0 Å². The molecule has 2 fully saturated rings. The van der Waals surface area contributed by atoms with Gasteiger partial charge in [-0.3, -0.25) is 4.90 Å². The van der Waals surface area contributed by atoms with Crippen LogP contribution in [-0.2, 0) is 4.74 Å². The van der Waals surface area contributed by atoms with Crippen LogP contribution in [0.3, 0.4) is 0 Å². The van der Waals surface area contributed by atoms with E-state index in [9.17, 15) is 0 Å². The van der Waals surface area contributed by atoms with Gasteiger partial charge in [-0.25, -0.2) is 0 Å². The molecule has 0 aromatic carbocycles. The van der Waals surface area contributed by atoms with Crippen molar-refractivity contribution in [3.63, 3.8) is 0 Å². The van der Waals surface area contributed by atoms with Gasteiger partial charge in [0, 0.05) is 20.2 Å². The molecule has 1 saturated carbocycles. The van der Waals surface area contributed by atoms with E-state index in [1.807, 2.05) is 14.0 Å². The topological polar surface area (TPSA) is 51.4 Å². The average molecular weight is 265 g/mol. The minimum atomic E-state index is 0.0969. The highest BCUT2D eigenvalue weighted by molar-refractivity contribution is 5.00. The lowest BCUT2D eigenvalue weighted by molar-refractivity contribution is -0.0274. The molecule has 106 valence electrons. The highest BCUT2D eigenvalue weighted by Gasteiger charge is 2.38. The number of rotatable bonds is 4. The van der Waals surface area contributed by atoms with Gasteiger partial charge >= 0.3 is 0 Å². The Labute approximate surface area is 114 Å². The molecule has 1 aromatic heterocycles. The van der Waals surface area contributed by atoms with Crippen molar-refractivity contribution in [1.29, 1.82) is 0 Å². The van der Waals surface area contributed by atoms with Crippen molar-refractivity contribution in [2.24, 2.45) is 0 Å². The van der Waals surface area contributed by atoms with Gasteiger partial charge in [-0.05, 0) is 32.7 Å². The first-order valence-corrected chi connectivity index (χ1v) is 7.28. The minimum absolute atomic E-state index is 0.0969. The van der Waals surface area contributed by atoms with Crippen LogP contribution in [0.2, 0.25) is 0 Å². The predicted molar refractivity (Wildman–Crippen MR) is 71.0 cm³/mol. The van der Waals surface area contributed by atoms with E-state index >= 15 is 0 Å². The molecule has 0 bridgehead atoms. The molecule has 5 nitrogen and oxygen atoms in total. The number of ether oxygens (including phenoxy) is 1. The summed E-state index contributed by atoms with van der Waals surface area (Å²) < 4.78 is 11.1. The summed E-state index contributed by atoms with van der Waals surface area (Å²) in [4.78, 5) is 6.86. The van der Waals surface area contributed by atoms with Crippen LogP contribution in [0.1, 0.15) is 49.7 Å². The Morgan fingerprint density at radius 2 is 2.21 bits per heavy atom. The monoisotopic (exact) mass is 265 g/mol. The summed E-state index contributed by atoms with van der Waals surface area (Å²) in [7, 11) is 1.86. The Bertz CT molecular complexity index is 426. The van der Waals surface area contributed by atoms with Crippen molar-refractivity contribution in [2.75, 3.05) is 26.7 Å². The Morgan fingerprint density at radius 1 is 1.42 bits per heavy atom. The summed E-state index contributed by atoms with van der Waals surface area (Å²) in [6, 6.07) is 0. The Balaban J connectivity index is 1.60. The van der Waals surface area contributed by atoms with Crippen LogP contribution < -0.4 is 0 Å². The van der Waals surface area contributed by atoms with Gasteiger partial charge in [0.2, 0.25) is 5.89 Å². The highest BCUT2D eigenvalue weighted by Crippen LogP contribution is 2.35. The second kappa shape index (κ2) is 5.21. The standard InChI is InChI=1S/C14H23N3O2/c1-11-15-13(19-16-11)12-5-8-17(9-12)10-14(18-2)6-3-4-7-14/h12H,3-10H2,1-2H3. The molecule has 0 amide bonds. The molecular formula is C14H23N3O2. The number of hydrogen-bond acceptors (Lipinski definition) is 5. The van der Waals surface area contributed by atoms with Crippen molar-refractivity contribution in [3.8, 4) is 0 Å². The summed E-state index contributed by atoms with van der Waals surface area (Å²) in [5.41, 5.74) is 0.0969. The predicted octanol–water partition coefficient (Wildman–Crippen LogP) is 2.13. The molecular weight excluding hydrogens is 242 g/mol. The van der Waals surface area contributed by atoms with E-state index in [0.29, 0.717) is 5.92 Å². The molecule has 1 saturated heterocycles. The summed E-state index contributed by atoms with van der Waals surface area (Å²) in [5.74, 6) is 1.94. The van der Waals surface area contributed by atoms with E-state index in [2.05, 4.69) is 15.0 Å². The van der Waals surface area contributed by atoms with Crippen molar-refractivity contribution < 1.29 is 9.26 Å². The first-order chi connectivity index (χ1) is 9.21. The molecule has 2 aliphatic rings. The maximum Gasteiger partial charge on any atom is 0.231 e. The smallest absolute Gasteiger partial charge is 0.231 e. The minimum Gasteiger partial charge on any atom is -0.377 e. The molecule has 1 aliphatic carbocycles. The highest BCUT2D eigenvalue weighted by atomic mass is 16.5. The Hall–Kier alpha value is -0.940. The number of aryl methyl sites for hydroxylation is 1. The molecule has 0 N–H and O–H groups in total. The average Bonchev–Trinajstić information content (AvgIpc) is 3.11. The van der Waals surface area contributed by atoms with E-state index in [-0.39, 0.29) is 5.60 Å². The van der Waals surface area contributed by atoms with E-state index in [1.54, 1.807) is 0 Å². The fourth-order valence-corrected chi connectivity index (χ4v) is 3.51. The molecule has 0 spiro atoms. The number of hydrogen-bond donors (Lipinski definition) is 0. The summed E-state index contributed by atoms with van der Waals surface area (Å²) in [6.07, 6.45) is 6.11. The molecule has 3 rings (SSSR count). The maximum absolute atomic E-state index is 5.81. The molecule has 1 unspecified atom stereocenters. The van der Waals surface area contributed by atoms with Gasteiger partial charge in [-0.15, -0.1) is 0 Å². The van der Waals surface area contributed by atoms with Crippen LogP contribution in [0.25, 0.3) is 0 Å². The van der Waals surface area contributed by atoms with E-state index in [1.165, 1.54) is 25.7 Å². The maximum atomic E-state index is 5.81. The summed E-state index contributed by atoms with van der Waals surface area (Å²) in [5, 5.41) is 3.89. The Morgan fingerprint density at radius 3 is 2.84 bits per heavy atom. The quantitative estimate of drug-likeness (QED) is 0.834. The first kappa shape index (κ1) is 13.1. The van der Waals surface area contributed by atoms with Crippen molar-refractivity contribution >= 4 is 0 Å². The lowest BCUT2D eigenvalue weighted by Gasteiger charge is -2.32. The van der Waals surface area contributed by atoms with Gasteiger partial charge in [0.1, 0.15) is 0 Å². The largest absolute Gasteiger partial charge is 0.377 e. The lowest BCUT2D eigenvalue weighted by atomic mass is 10.0. The van der Waals surface area contributed by atoms with Crippen LogP contribution in [0, 0.1) is 6.92 Å². The zero-order valence-electron chi connectivity index (χ0n) is 11.9. The molecule has 0 radical (unpaired) electrons. The van der Waals surface area contributed by atoms with Crippen LogP contribution in [-0.4, -0.2) is 47.4 Å². The molecule has 1 aromatic rings. The zero-order valence-corrected chi connectivity index (χ0v) is 11.9. The second-order valence-electron chi connectivity index (χ2n) is 5.99. The van der Waals surface area contributed by atoms with Crippen molar-refractivity contribution in [2.45, 2.75) is 50.5 Å². The fourth-order valence-electron chi connectivity index (χ4n) is 3.51. The van der Waals surface area contributed by atoms with Crippen LogP contribution >= 0.6 is 0 Å². The van der Waals surface area contributed by atoms with Gasteiger partial charge in [0.15, 0.2) is 5.82 Å². The number of likely N-dealkylation sites (tertiary alicyclic amines) is 1. The Kier molecular flexibility index (Phi) is 3.58. The summed E-state index contributed by atoms with van der Waals surface area (Å²) >= 11 is 0.